The van der Waals surface area contributed by atoms with Crippen LogP contribution in [-0.2, 0) is 6.54 Å². The summed E-state index contributed by atoms with van der Waals surface area (Å²) >= 11 is 0. The fourth-order valence-corrected chi connectivity index (χ4v) is 2.45. The number of nitrogens with one attached hydrogen (secondary N) is 1. The first kappa shape index (κ1) is 14.1. The molecule has 1 heterocycles. The average Bonchev–Trinajstić information content (AvgIpc) is 3.29. The van der Waals surface area contributed by atoms with Gasteiger partial charge in [0.15, 0.2) is 0 Å². The zero-order valence-corrected chi connectivity index (χ0v) is 13.1. The molecule has 1 aromatic heterocycles. The second-order valence-electron chi connectivity index (χ2n) is 6.02. The van der Waals surface area contributed by atoms with Crippen molar-refractivity contribution < 1.29 is 0 Å². The summed E-state index contributed by atoms with van der Waals surface area (Å²) in [4.78, 5) is 6.82. The average molecular weight is 281 g/mol. The van der Waals surface area contributed by atoms with Crippen molar-refractivity contribution in [2.24, 2.45) is 0 Å². The zero-order chi connectivity index (χ0) is 14.8. The van der Waals surface area contributed by atoms with Crippen LogP contribution in [0.4, 0.5) is 11.5 Å². The molecule has 0 aliphatic heterocycles. The van der Waals surface area contributed by atoms with Crippen LogP contribution in [0.2, 0.25) is 0 Å². The first-order chi connectivity index (χ1) is 10.1. The third-order valence-corrected chi connectivity index (χ3v) is 3.94. The summed E-state index contributed by atoms with van der Waals surface area (Å²) in [5.74, 6) is 1.01. The van der Waals surface area contributed by atoms with Gasteiger partial charge >= 0.3 is 0 Å². The van der Waals surface area contributed by atoms with Crippen molar-refractivity contribution in [3.8, 4) is 0 Å². The number of rotatable bonds is 5. The van der Waals surface area contributed by atoms with Crippen molar-refractivity contribution in [1.29, 1.82) is 0 Å². The Bertz CT molecular complexity index is 615. The lowest BCUT2D eigenvalue weighted by Crippen LogP contribution is -2.17. The van der Waals surface area contributed by atoms with Crippen LogP contribution in [0, 0.1) is 13.8 Å². The van der Waals surface area contributed by atoms with Crippen molar-refractivity contribution in [3.05, 3.63) is 53.2 Å². The van der Waals surface area contributed by atoms with E-state index in [4.69, 9.17) is 0 Å². The molecule has 21 heavy (non-hydrogen) atoms. The normalized spacial score (nSPS) is 14.2. The number of aryl methyl sites for hydroxylation is 2. The highest BCUT2D eigenvalue weighted by molar-refractivity contribution is 5.60. The number of pyridine rings is 1. The van der Waals surface area contributed by atoms with Crippen molar-refractivity contribution in [2.75, 3.05) is 11.9 Å². The molecule has 1 aliphatic carbocycles. The molecule has 2 aromatic rings. The molecule has 0 radical (unpaired) electrons. The summed E-state index contributed by atoms with van der Waals surface area (Å²) in [7, 11) is 2.07. The lowest BCUT2D eigenvalue weighted by Gasteiger charge is -2.20. The van der Waals surface area contributed by atoms with E-state index in [1.54, 1.807) is 0 Å². The van der Waals surface area contributed by atoms with Crippen LogP contribution in [0.5, 0.6) is 0 Å². The summed E-state index contributed by atoms with van der Waals surface area (Å²) < 4.78 is 0. The molecule has 0 saturated heterocycles. The van der Waals surface area contributed by atoms with Gasteiger partial charge in [-0.05, 0) is 56.5 Å². The Morgan fingerprint density at radius 3 is 2.52 bits per heavy atom. The minimum atomic E-state index is 0.733. The Kier molecular flexibility index (Phi) is 3.93. The van der Waals surface area contributed by atoms with Crippen LogP contribution in [0.1, 0.15) is 29.7 Å². The highest BCUT2D eigenvalue weighted by Gasteiger charge is 2.20. The molecule has 3 heteroatoms. The van der Waals surface area contributed by atoms with E-state index in [-0.39, 0.29) is 0 Å². The number of nitrogens with zero attached hydrogens (tertiary/aromatic N) is 2. The predicted molar refractivity (Wildman–Crippen MR) is 88.1 cm³/mol. The molecule has 1 fully saturated rings. The van der Waals surface area contributed by atoms with E-state index in [9.17, 15) is 0 Å². The predicted octanol–water partition coefficient (Wildman–Crippen LogP) is 3.72. The maximum absolute atomic E-state index is 4.67. The van der Waals surface area contributed by atoms with Crippen molar-refractivity contribution >= 4 is 11.5 Å². The topological polar surface area (TPSA) is 28.2 Å². The number of aromatic nitrogens is 1. The van der Waals surface area contributed by atoms with Gasteiger partial charge in [-0.2, -0.15) is 0 Å². The van der Waals surface area contributed by atoms with E-state index in [2.05, 4.69) is 72.5 Å². The van der Waals surface area contributed by atoms with Gasteiger partial charge < -0.3 is 10.2 Å². The maximum Gasteiger partial charge on any atom is 0.133 e. The van der Waals surface area contributed by atoms with Crippen molar-refractivity contribution in [2.45, 2.75) is 39.3 Å². The second-order valence-corrected chi connectivity index (χ2v) is 6.02. The third-order valence-electron chi connectivity index (χ3n) is 3.94. The van der Waals surface area contributed by atoms with Gasteiger partial charge in [-0.15, -0.1) is 0 Å². The van der Waals surface area contributed by atoms with Gasteiger partial charge in [0, 0.05) is 31.0 Å². The number of benzene rings is 1. The molecular weight excluding hydrogens is 258 g/mol. The molecule has 0 amide bonds. The molecule has 110 valence electrons. The SMILES string of the molecule is Cc1ccc(N(C)c2cc(CNC3CC3)cc(C)n2)cc1. The first-order valence-corrected chi connectivity index (χ1v) is 7.63. The third kappa shape index (κ3) is 3.61. The van der Waals surface area contributed by atoms with Crippen LogP contribution in [0.15, 0.2) is 36.4 Å². The van der Waals surface area contributed by atoms with Gasteiger partial charge in [0.05, 0.1) is 0 Å². The minimum absolute atomic E-state index is 0.733. The molecule has 3 rings (SSSR count). The van der Waals surface area contributed by atoms with Gasteiger partial charge in [0.25, 0.3) is 0 Å². The van der Waals surface area contributed by atoms with Crippen molar-refractivity contribution in [3.63, 3.8) is 0 Å². The van der Waals surface area contributed by atoms with Crippen LogP contribution in [0.25, 0.3) is 0 Å². The summed E-state index contributed by atoms with van der Waals surface area (Å²) in [6.07, 6.45) is 2.64. The Balaban J connectivity index is 1.80. The van der Waals surface area contributed by atoms with Crippen molar-refractivity contribution in [1.82, 2.24) is 10.3 Å². The fraction of sp³-hybridized carbons (Fsp3) is 0.389. The quantitative estimate of drug-likeness (QED) is 0.905. The molecule has 0 spiro atoms. The highest BCUT2D eigenvalue weighted by Crippen LogP contribution is 2.24. The van der Waals surface area contributed by atoms with Gasteiger partial charge in [0.2, 0.25) is 0 Å². The van der Waals surface area contributed by atoms with Crippen LogP contribution in [-0.4, -0.2) is 18.1 Å². The Hall–Kier alpha value is -1.87. The smallest absolute Gasteiger partial charge is 0.133 e. The number of hydrogen-bond donors (Lipinski definition) is 1. The molecule has 3 nitrogen and oxygen atoms in total. The molecule has 1 N–H and O–H groups in total. The van der Waals surface area contributed by atoms with E-state index < -0.39 is 0 Å². The van der Waals surface area contributed by atoms with Crippen LogP contribution >= 0.6 is 0 Å². The van der Waals surface area contributed by atoms with Gasteiger partial charge in [0.1, 0.15) is 5.82 Å². The maximum atomic E-state index is 4.67. The van der Waals surface area contributed by atoms with Gasteiger partial charge in [-0.3, -0.25) is 0 Å². The zero-order valence-electron chi connectivity index (χ0n) is 13.1. The molecule has 1 aliphatic rings. The Labute approximate surface area is 127 Å². The van der Waals surface area contributed by atoms with Crippen LogP contribution in [0.3, 0.4) is 0 Å². The second kappa shape index (κ2) is 5.86. The van der Waals surface area contributed by atoms with E-state index >= 15 is 0 Å². The monoisotopic (exact) mass is 281 g/mol. The van der Waals surface area contributed by atoms with E-state index in [0.717, 1.165) is 24.1 Å². The molecular formula is C18H23N3. The number of anilines is 2. The van der Waals surface area contributed by atoms with Gasteiger partial charge in [-0.1, -0.05) is 17.7 Å². The number of hydrogen-bond acceptors (Lipinski definition) is 3. The summed E-state index contributed by atoms with van der Waals surface area (Å²) in [6, 6.07) is 13.6. The summed E-state index contributed by atoms with van der Waals surface area (Å²) in [6.45, 7) is 5.10. The summed E-state index contributed by atoms with van der Waals surface area (Å²) in [5, 5.41) is 3.57. The lowest BCUT2D eigenvalue weighted by molar-refractivity contribution is 0.686. The van der Waals surface area contributed by atoms with E-state index in [1.807, 2.05) is 0 Å². The molecule has 0 bridgehead atoms. The Morgan fingerprint density at radius 1 is 1.14 bits per heavy atom. The minimum Gasteiger partial charge on any atom is -0.329 e. The molecule has 0 unspecified atom stereocenters. The first-order valence-electron chi connectivity index (χ1n) is 7.63. The van der Waals surface area contributed by atoms with Gasteiger partial charge in [-0.25, -0.2) is 4.98 Å². The lowest BCUT2D eigenvalue weighted by atomic mass is 10.2. The fourth-order valence-electron chi connectivity index (χ4n) is 2.45. The van der Waals surface area contributed by atoms with E-state index in [0.29, 0.717) is 0 Å². The standard InChI is InChI=1S/C18H23N3/c1-13-4-8-17(9-5-13)21(3)18-11-15(10-14(2)20-18)12-19-16-6-7-16/h4-5,8-11,16,19H,6-7,12H2,1-3H3. The Morgan fingerprint density at radius 2 is 1.86 bits per heavy atom. The van der Waals surface area contributed by atoms with E-state index in [1.165, 1.54) is 29.7 Å². The highest BCUT2D eigenvalue weighted by atomic mass is 15.2. The molecule has 1 saturated carbocycles. The summed E-state index contributed by atoms with van der Waals surface area (Å²) in [5.41, 5.74) is 4.82. The van der Waals surface area contributed by atoms with Crippen LogP contribution < -0.4 is 10.2 Å². The molecule has 1 aromatic carbocycles. The molecule has 0 atom stereocenters. The largest absolute Gasteiger partial charge is 0.329 e.